The molecule has 3 heteroatoms. The Hall–Kier alpha value is -1.90. The highest BCUT2D eigenvalue weighted by Gasteiger charge is 2.03. The lowest BCUT2D eigenvalue weighted by atomic mass is 10.0. The molecule has 2 aromatic rings. The second-order valence-corrected chi connectivity index (χ2v) is 4.13. The molecule has 0 saturated carbocycles. The molecule has 82 valence electrons. The van der Waals surface area contributed by atoms with Gasteiger partial charge in [-0.1, -0.05) is 13.8 Å². The molecule has 0 aromatic carbocycles. The molecule has 2 rings (SSSR count). The molecule has 0 fully saturated rings. The van der Waals surface area contributed by atoms with Crippen molar-refractivity contribution in [1.29, 1.82) is 0 Å². The lowest BCUT2D eigenvalue weighted by molar-refractivity contribution is 0.859. The standard InChI is InChI=1S/C13H15N3/c1-9(2)11-5-12(7-15-6-11)10-3-4-13(14)16-8-10/h3-9H,1-2H3,(H2,14,16). The zero-order chi connectivity index (χ0) is 11.5. The van der Waals surface area contributed by atoms with Gasteiger partial charge in [-0.15, -0.1) is 0 Å². The maximum atomic E-state index is 5.56. The summed E-state index contributed by atoms with van der Waals surface area (Å²) in [4.78, 5) is 8.33. The van der Waals surface area contributed by atoms with Gasteiger partial charge >= 0.3 is 0 Å². The van der Waals surface area contributed by atoms with E-state index in [0.29, 0.717) is 11.7 Å². The normalized spacial score (nSPS) is 10.7. The van der Waals surface area contributed by atoms with Crippen molar-refractivity contribution >= 4 is 5.82 Å². The fourth-order valence-electron chi connectivity index (χ4n) is 1.51. The van der Waals surface area contributed by atoms with E-state index in [2.05, 4.69) is 29.9 Å². The Morgan fingerprint density at radius 1 is 1.06 bits per heavy atom. The van der Waals surface area contributed by atoms with Crippen molar-refractivity contribution in [2.24, 2.45) is 0 Å². The van der Waals surface area contributed by atoms with Crippen molar-refractivity contribution in [1.82, 2.24) is 9.97 Å². The molecule has 2 aromatic heterocycles. The molecule has 0 amide bonds. The van der Waals surface area contributed by atoms with E-state index in [0.717, 1.165) is 11.1 Å². The van der Waals surface area contributed by atoms with Gasteiger partial charge in [0.25, 0.3) is 0 Å². The number of aromatic nitrogens is 2. The monoisotopic (exact) mass is 213 g/mol. The van der Waals surface area contributed by atoms with Crippen LogP contribution >= 0.6 is 0 Å². The van der Waals surface area contributed by atoms with Gasteiger partial charge in [-0.3, -0.25) is 4.98 Å². The molecule has 0 unspecified atom stereocenters. The molecular weight excluding hydrogens is 198 g/mol. The number of rotatable bonds is 2. The van der Waals surface area contributed by atoms with Gasteiger partial charge in [-0.2, -0.15) is 0 Å². The minimum atomic E-state index is 0.481. The van der Waals surface area contributed by atoms with E-state index in [4.69, 9.17) is 5.73 Å². The van der Waals surface area contributed by atoms with Crippen LogP contribution in [-0.4, -0.2) is 9.97 Å². The van der Waals surface area contributed by atoms with Crippen LogP contribution in [0.5, 0.6) is 0 Å². The molecule has 0 spiro atoms. The average Bonchev–Trinajstić information content (AvgIpc) is 2.30. The van der Waals surface area contributed by atoms with Crippen LogP contribution in [-0.2, 0) is 0 Å². The van der Waals surface area contributed by atoms with Gasteiger partial charge in [0.1, 0.15) is 5.82 Å². The second kappa shape index (κ2) is 4.31. The Morgan fingerprint density at radius 3 is 2.50 bits per heavy atom. The molecule has 2 N–H and O–H groups in total. The first kappa shape index (κ1) is 10.6. The summed E-state index contributed by atoms with van der Waals surface area (Å²) in [5.74, 6) is 1.02. The zero-order valence-electron chi connectivity index (χ0n) is 9.51. The summed E-state index contributed by atoms with van der Waals surface area (Å²) in [5.41, 5.74) is 8.91. The zero-order valence-corrected chi connectivity index (χ0v) is 9.51. The van der Waals surface area contributed by atoms with Crippen LogP contribution in [0.3, 0.4) is 0 Å². The van der Waals surface area contributed by atoms with E-state index in [9.17, 15) is 0 Å². The number of pyridine rings is 2. The third-order valence-corrected chi connectivity index (χ3v) is 2.55. The van der Waals surface area contributed by atoms with Gasteiger partial charge in [0.2, 0.25) is 0 Å². The Balaban J connectivity index is 2.40. The third-order valence-electron chi connectivity index (χ3n) is 2.55. The van der Waals surface area contributed by atoms with E-state index in [1.54, 1.807) is 12.3 Å². The molecule has 0 aliphatic rings. The van der Waals surface area contributed by atoms with Gasteiger partial charge in [0.05, 0.1) is 0 Å². The Labute approximate surface area is 95.4 Å². The number of hydrogen-bond acceptors (Lipinski definition) is 3. The van der Waals surface area contributed by atoms with Crippen molar-refractivity contribution in [3.8, 4) is 11.1 Å². The first-order valence-corrected chi connectivity index (χ1v) is 5.33. The highest BCUT2D eigenvalue weighted by molar-refractivity contribution is 5.63. The predicted octanol–water partition coefficient (Wildman–Crippen LogP) is 2.85. The number of anilines is 1. The van der Waals surface area contributed by atoms with Crippen LogP contribution in [0, 0.1) is 0 Å². The summed E-state index contributed by atoms with van der Waals surface area (Å²) >= 11 is 0. The van der Waals surface area contributed by atoms with E-state index in [1.807, 2.05) is 18.5 Å². The van der Waals surface area contributed by atoms with Crippen LogP contribution < -0.4 is 5.73 Å². The first-order valence-electron chi connectivity index (χ1n) is 5.33. The van der Waals surface area contributed by atoms with Crippen LogP contribution in [0.2, 0.25) is 0 Å². The van der Waals surface area contributed by atoms with Gasteiger partial charge in [-0.25, -0.2) is 4.98 Å². The molecule has 0 saturated heterocycles. The number of nitrogens with zero attached hydrogens (tertiary/aromatic N) is 2. The first-order chi connectivity index (χ1) is 7.66. The second-order valence-electron chi connectivity index (χ2n) is 4.13. The molecular formula is C13H15N3. The summed E-state index contributed by atoms with van der Waals surface area (Å²) in [5, 5.41) is 0. The quantitative estimate of drug-likeness (QED) is 0.834. The molecule has 0 aliphatic carbocycles. The largest absolute Gasteiger partial charge is 0.384 e. The maximum Gasteiger partial charge on any atom is 0.123 e. The lowest BCUT2D eigenvalue weighted by Crippen LogP contribution is -1.92. The van der Waals surface area contributed by atoms with Crippen molar-refractivity contribution in [3.05, 3.63) is 42.4 Å². The SMILES string of the molecule is CC(C)c1cncc(-c2ccc(N)nc2)c1. The lowest BCUT2D eigenvalue weighted by Gasteiger charge is -2.07. The average molecular weight is 213 g/mol. The maximum absolute atomic E-state index is 5.56. The molecule has 3 nitrogen and oxygen atoms in total. The summed E-state index contributed by atoms with van der Waals surface area (Å²) < 4.78 is 0. The summed E-state index contributed by atoms with van der Waals surface area (Å²) in [6.07, 6.45) is 5.52. The molecule has 0 radical (unpaired) electrons. The van der Waals surface area contributed by atoms with Crippen LogP contribution in [0.4, 0.5) is 5.82 Å². The predicted molar refractivity (Wildman–Crippen MR) is 66.0 cm³/mol. The highest BCUT2D eigenvalue weighted by Crippen LogP contribution is 2.22. The van der Waals surface area contributed by atoms with Crippen LogP contribution in [0.1, 0.15) is 25.3 Å². The number of nitrogen functional groups attached to an aromatic ring is 1. The topological polar surface area (TPSA) is 51.8 Å². The van der Waals surface area contributed by atoms with Gasteiger partial charge in [0.15, 0.2) is 0 Å². The molecule has 0 aliphatic heterocycles. The third kappa shape index (κ3) is 2.19. The molecule has 2 heterocycles. The van der Waals surface area contributed by atoms with Crippen molar-refractivity contribution in [2.45, 2.75) is 19.8 Å². The van der Waals surface area contributed by atoms with Gasteiger partial charge in [-0.05, 0) is 29.7 Å². The smallest absolute Gasteiger partial charge is 0.123 e. The molecule has 0 bridgehead atoms. The van der Waals surface area contributed by atoms with E-state index >= 15 is 0 Å². The van der Waals surface area contributed by atoms with Crippen molar-refractivity contribution < 1.29 is 0 Å². The summed E-state index contributed by atoms with van der Waals surface area (Å²) in [6, 6.07) is 5.91. The van der Waals surface area contributed by atoms with E-state index in [-0.39, 0.29) is 0 Å². The van der Waals surface area contributed by atoms with Gasteiger partial charge < -0.3 is 5.73 Å². The Bertz CT molecular complexity index is 475. The van der Waals surface area contributed by atoms with Crippen molar-refractivity contribution in [3.63, 3.8) is 0 Å². The summed E-state index contributed by atoms with van der Waals surface area (Å²) in [7, 11) is 0. The number of hydrogen-bond donors (Lipinski definition) is 1. The Kier molecular flexibility index (Phi) is 2.86. The summed E-state index contributed by atoms with van der Waals surface area (Å²) in [6.45, 7) is 4.31. The molecule has 0 atom stereocenters. The highest BCUT2D eigenvalue weighted by atomic mass is 14.8. The van der Waals surface area contributed by atoms with Crippen LogP contribution in [0.15, 0.2) is 36.8 Å². The minimum absolute atomic E-state index is 0.481. The minimum Gasteiger partial charge on any atom is -0.384 e. The van der Waals surface area contributed by atoms with Crippen LogP contribution in [0.25, 0.3) is 11.1 Å². The fourth-order valence-corrected chi connectivity index (χ4v) is 1.51. The van der Waals surface area contributed by atoms with E-state index < -0.39 is 0 Å². The Morgan fingerprint density at radius 2 is 1.88 bits per heavy atom. The fraction of sp³-hybridized carbons (Fsp3) is 0.231. The number of nitrogens with two attached hydrogens (primary N) is 1. The van der Waals surface area contributed by atoms with E-state index in [1.165, 1.54) is 5.56 Å². The van der Waals surface area contributed by atoms with Crippen molar-refractivity contribution in [2.75, 3.05) is 5.73 Å². The van der Waals surface area contributed by atoms with Gasteiger partial charge in [0, 0.05) is 29.7 Å². The molecule has 16 heavy (non-hydrogen) atoms.